The molecule has 1 aliphatic carbocycles. The number of nitrogens with zero attached hydrogens (tertiary/aromatic N) is 5. The normalized spacial score (nSPS) is 18.1. The Labute approximate surface area is 203 Å². The molecule has 6 rings (SSSR count). The van der Waals surface area contributed by atoms with E-state index >= 15 is 0 Å². The van der Waals surface area contributed by atoms with Gasteiger partial charge in [0, 0.05) is 29.7 Å². The standard InChI is InChI=1S/C27H28N6S/c1-16-9-23(24-5-4-8-34-24)31-22-12-18(6-7-20(16)22)21-14-33(19-10-17(11-19)13-32(2)3)27-25(21)26(28)29-15-30-27/h4-9,12,14-15,17,19H,10-11,13H2,1-3H3,(H2,28,29,30). The van der Waals surface area contributed by atoms with Crippen LogP contribution in [0.25, 0.3) is 43.6 Å². The summed E-state index contributed by atoms with van der Waals surface area (Å²) in [6, 6.07) is 13.3. The van der Waals surface area contributed by atoms with Crippen molar-refractivity contribution in [2.75, 3.05) is 26.4 Å². The van der Waals surface area contributed by atoms with Gasteiger partial charge in [-0.15, -0.1) is 11.3 Å². The number of hydrogen-bond acceptors (Lipinski definition) is 6. The highest BCUT2D eigenvalue weighted by atomic mass is 32.1. The van der Waals surface area contributed by atoms with Gasteiger partial charge in [0.15, 0.2) is 0 Å². The lowest BCUT2D eigenvalue weighted by Crippen LogP contribution is -2.33. The molecule has 4 aromatic heterocycles. The van der Waals surface area contributed by atoms with Gasteiger partial charge >= 0.3 is 0 Å². The second-order valence-electron chi connectivity index (χ2n) is 9.69. The van der Waals surface area contributed by atoms with Gasteiger partial charge in [-0.2, -0.15) is 0 Å². The van der Waals surface area contributed by atoms with Crippen LogP contribution in [-0.4, -0.2) is 45.1 Å². The lowest BCUT2D eigenvalue weighted by Gasteiger charge is -2.38. The maximum Gasteiger partial charge on any atom is 0.146 e. The average Bonchev–Trinajstić information content (AvgIpc) is 3.45. The van der Waals surface area contributed by atoms with Crippen LogP contribution in [0.3, 0.4) is 0 Å². The third kappa shape index (κ3) is 3.56. The maximum absolute atomic E-state index is 6.40. The van der Waals surface area contributed by atoms with E-state index < -0.39 is 0 Å². The predicted molar refractivity (Wildman–Crippen MR) is 141 cm³/mol. The third-order valence-corrected chi connectivity index (χ3v) is 7.86. The molecule has 34 heavy (non-hydrogen) atoms. The van der Waals surface area contributed by atoms with Gasteiger partial charge in [-0.3, -0.25) is 0 Å². The molecule has 1 fully saturated rings. The fourth-order valence-electron chi connectivity index (χ4n) is 5.32. The summed E-state index contributed by atoms with van der Waals surface area (Å²) in [5.74, 6) is 1.25. The number of aryl methyl sites for hydroxylation is 1. The highest BCUT2D eigenvalue weighted by molar-refractivity contribution is 7.13. The topological polar surface area (TPSA) is 72.9 Å². The SMILES string of the molecule is Cc1cc(-c2cccs2)nc2cc(-c3cn(C4CC(CN(C)C)C4)c4ncnc(N)c34)ccc12. The molecule has 0 unspecified atom stereocenters. The van der Waals surface area contributed by atoms with Crippen LogP contribution in [0, 0.1) is 12.8 Å². The number of fused-ring (bicyclic) bond motifs is 2. The Bertz CT molecular complexity index is 1500. The van der Waals surface area contributed by atoms with Crippen molar-refractivity contribution >= 4 is 39.1 Å². The van der Waals surface area contributed by atoms with Gasteiger partial charge in [0.2, 0.25) is 0 Å². The van der Waals surface area contributed by atoms with Crippen molar-refractivity contribution in [2.45, 2.75) is 25.8 Å². The molecule has 1 aromatic carbocycles. The van der Waals surface area contributed by atoms with Crippen molar-refractivity contribution in [1.29, 1.82) is 0 Å². The zero-order valence-corrected chi connectivity index (χ0v) is 20.5. The molecule has 5 aromatic rings. The predicted octanol–water partition coefficient (Wildman–Crippen LogP) is 5.78. The highest BCUT2D eigenvalue weighted by Gasteiger charge is 2.32. The van der Waals surface area contributed by atoms with Crippen molar-refractivity contribution < 1.29 is 0 Å². The monoisotopic (exact) mass is 468 g/mol. The number of thiophene rings is 1. The molecule has 0 radical (unpaired) electrons. The third-order valence-electron chi connectivity index (χ3n) is 6.97. The van der Waals surface area contributed by atoms with E-state index in [1.165, 1.54) is 15.8 Å². The molecule has 4 heterocycles. The Morgan fingerprint density at radius 1 is 1.15 bits per heavy atom. The van der Waals surface area contributed by atoms with E-state index in [9.17, 15) is 0 Å². The van der Waals surface area contributed by atoms with Crippen LogP contribution in [0.5, 0.6) is 0 Å². The Morgan fingerprint density at radius 2 is 2.00 bits per heavy atom. The molecular formula is C27H28N6S. The van der Waals surface area contributed by atoms with Gasteiger partial charge in [-0.05, 0) is 74.5 Å². The average molecular weight is 469 g/mol. The van der Waals surface area contributed by atoms with Crippen LogP contribution in [0.2, 0.25) is 0 Å². The second-order valence-corrected chi connectivity index (χ2v) is 10.6. The quantitative estimate of drug-likeness (QED) is 0.354. The Morgan fingerprint density at radius 3 is 2.76 bits per heavy atom. The lowest BCUT2D eigenvalue weighted by atomic mass is 9.80. The summed E-state index contributed by atoms with van der Waals surface area (Å²) in [4.78, 5) is 17.4. The molecule has 6 nitrogen and oxygen atoms in total. The summed E-state index contributed by atoms with van der Waals surface area (Å²) in [6.07, 6.45) is 6.12. The highest BCUT2D eigenvalue weighted by Crippen LogP contribution is 2.43. The zero-order chi connectivity index (χ0) is 23.4. The number of anilines is 1. The van der Waals surface area contributed by atoms with Crippen LogP contribution in [0.1, 0.15) is 24.4 Å². The minimum atomic E-state index is 0.446. The number of pyridine rings is 1. The first-order valence-electron chi connectivity index (χ1n) is 11.7. The number of nitrogen functional groups attached to an aromatic ring is 1. The van der Waals surface area contributed by atoms with Crippen molar-refractivity contribution in [3.63, 3.8) is 0 Å². The Balaban J connectivity index is 1.45. The van der Waals surface area contributed by atoms with Crippen molar-refractivity contribution in [3.05, 3.63) is 59.9 Å². The number of benzene rings is 1. The number of nitrogens with two attached hydrogens (primary N) is 1. The van der Waals surface area contributed by atoms with Gasteiger partial charge in [-0.1, -0.05) is 18.2 Å². The van der Waals surface area contributed by atoms with Gasteiger partial charge in [-0.25, -0.2) is 15.0 Å². The lowest BCUT2D eigenvalue weighted by molar-refractivity contribution is 0.159. The number of aromatic nitrogens is 4. The summed E-state index contributed by atoms with van der Waals surface area (Å²) in [5.41, 5.74) is 12.7. The van der Waals surface area contributed by atoms with Crippen LogP contribution < -0.4 is 5.73 Å². The first-order chi connectivity index (χ1) is 16.5. The first-order valence-corrected chi connectivity index (χ1v) is 12.6. The molecule has 1 aliphatic rings. The van der Waals surface area contributed by atoms with Crippen molar-refractivity contribution in [2.24, 2.45) is 5.92 Å². The largest absolute Gasteiger partial charge is 0.383 e. The smallest absolute Gasteiger partial charge is 0.146 e. The van der Waals surface area contributed by atoms with E-state index in [1.807, 2.05) is 0 Å². The zero-order valence-electron chi connectivity index (χ0n) is 19.7. The molecule has 172 valence electrons. The van der Waals surface area contributed by atoms with Crippen LogP contribution >= 0.6 is 11.3 Å². The molecule has 0 aliphatic heterocycles. The molecule has 0 amide bonds. The second kappa shape index (κ2) is 8.18. The van der Waals surface area contributed by atoms with E-state index in [0.717, 1.165) is 58.7 Å². The minimum Gasteiger partial charge on any atom is -0.383 e. The van der Waals surface area contributed by atoms with E-state index in [0.29, 0.717) is 11.9 Å². The molecule has 0 spiro atoms. The van der Waals surface area contributed by atoms with Gasteiger partial charge in [0.1, 0.15) is 17.8 Å². The molecular weight excluding hydrogens is 440 g/mol. The van der Waals surface area contributed by atoms with Gasteiger partial charge in [0.25, 0.3) is 0 Å². The van der Waals surface area contributed by atoms with Crippen molar-refractivity contribution in [3.8, 4) is 21.7 Å². The summed E-state index contributed by atoms with van der Waals surface area (Å²) in [5, 5.41) is 4.19. The fraction of sp³-hybridized carbons (Fsp3) is 0.296. The Hall–Kier alpha value is -3.29. The summed E-state index contributed by atoms with van der Waals surface area (Å²) in [7, 11) is 4.29. The number of hydrogen-bond donors (Lipinski definition) is 1. The molecule has 2 N–H and O–H groups in total. The fourth-order valence-corrected chi connectivity index (χ4v) is 6.01. The van der Waals surface area contributed by atoms with Gasteiger partial charge < -0.3 is 15.2 Å². The van der Waals surface area contributed by atoms with Crippen LogP contribution in [0.15, 0.2) is 54.3 Å². The summed E-state index contributed by atoms with van der Waals surface area (Å²) in [6.45, 7) is 3.28. The van der Waals surface area contributed by atoms with Gasteiger partial charge in [0.05, 0.1) is 21.5 Å². The molecule has 7 heteroatoms. The van der Waals surface area contributed by atoms with E-state index in [2.05, 4.69) is 88.4 Å². The van der Waals surface area contributed by atoms with E-state index in [1.54, 1.807) is 17.7 Å². The minimum absolute atomic E-state index is 0.446. The van der Waals surface area contributed by atoms with E-state index in [4.69, 9.17) is 10.7 Å². The van der Waals surface area contributed by atoms with Crippen LogP contribution in [0.4, 0.5) is 5.82 Å². The summed E-state index contributed by atoms with van der Waals surface area (Å²) >= 11 is 1.71. The van der Waals surface area contributed by atoms with E-state index in [-0.39, 0.29) is 0 Å². The summed E-state index contributed by atoms with van der Waals surface area (Å²) < 4.78 is 2.32. The Kier molecular flexibility index (Phi) is 5.12. The number of rotatable bonds is 5. The van der Waals surface area contributed by atoms with Crippen LogP contribution in [-0.2, 0) is 0 Å². The molecule has 0 bridgehead atoms. The maximum atomic E-state index is 6.40. The van der Waals surface area contributed by atoms with Crippen molar-refractivity contribution in [1.82, 2.24) is 24.4 Å². The first kappa shape index (κ1) is 21.3. The molecule has 1 saturated carbocycles. The molecule has 0 saturated heterocycles. The molecule has 0 atom stereocenters.